The average Bonchev–Trinajstić information content (AvgIpc) is 3.26. The van der Waals surface area contributed by atoms with Crippen LogP contribution in [0.15, 0.2) is 18.2 Å². The molecule has 0 saturated heterocycles. The molecule has 0 unspecified atom stereocenters. The Balaban J connectivity index is 1.51. The van der Waals surface area contributed by atoms with Gasteiger partial charge in [-0.3, -0.25) is 9.59 Å². The Morgan fingerprint density at radius 3 is 2.72 bits per heavy atom. The summed E-state index contributed by atoms with van der Waals surface area (Å²) in [6, 6.07) is 6.20. The van der Waals surface area contributed by atoms with Crippen molar-refractivity contribution in [1.82, 2.24) is 5.32 Å². The molecule has 1 aromatic carbocycles. The highest BCUT2D eigenvalue weighted by atomic mass is 16.2. The number of nitrogens with zero attached hydrogens (tertiary/aromatic N) is 1. The van der Waals surface area contributed by atoms with Crippen LogP contribution in [0.25, 0.3) is 0 Å². The lowest BCUT2D eigenvalue weighted by molar-refractivity contribution is -0.122. The van der Waals surface area contributed by atoms with Crippen LogP contribution in [0.5, 0.6) is 0 Å². The first-order valence-electron chi connectivity index (χ1n) is 9.74. The largest absolute Gasteiger partial charge is 0.352 e. The third kappa shape index (κ3) is 4.42. The summed E-state index contributed by atoms with van der Waals surface area (Å²) in [5.74, 6) is 1.12. The van der Waals surface area contributed by atoms with Crippen LogP contribution in [0.4, 0.5) is 5.69 Å². The maximum absolute atomic E-state index is 12.3. The minimum Gasteiger partial charge on any atom is -0.352 e. The lowest BCUT2D eigenvalue weighted by Gasteiger charge is -2.19. The quantitative estimate of drug-likeness (QED) is 0.854. The molecule has 4 nitrogen and oxygen atoms in total. The van der Waals surface area contributed by atoms with Crippen LogP contribution in [0.3, 0.4) is 0 Å². The van der Waals surface area contributed by atoms with Gasteiger partial charge in [0.2, 0.25) is 11.8 Å². The molecule has 1 aromatic rings. The first-order chi connectivity index (χ1) is 12.0. The molecule has 3 rings (SSSR count). The molecule has 1 N–H and O–H groups in total. The summed E-state index contributed by atoms with van der Waals surface area (Å²) in [6.45, 7) is 5.23. The van der Waals surface area contributed by atoms with Crippen molar-refractivity contribution in [2.45, 2.75) is 65.3 Å². The normalized spacial score (nSPS) is 17.2. The van der Waals surface area contributed by atoms with E-state index in [9.17, 15) is 9.59 Å². The van der Waals surface area contributed by atoms with Crippen molar-refractivity contribution in [1.29, 1.82) is 0 Å². The molecule has 0 aromatic heterocycles. The third-order valence-electron chi connectivity index (χ3n) is 5.54. The van der Waals surface area contributed by atoms with Crippen LogP contribution >= 0.6 is 0 Å². The number of amides is 2. The SMILES string of the molecule is CC(C)C(=O)N1CCc2cc(CNC(=O)CCC3CCCC3)ccc21. The zero-order valence-corrected chi connectivity index (χ0v) is 15.5. The van der Waals surface area contributed by atoms with E-state index in [0.29, 0.717) is 13.0 Å². The molecule has 1 aliphatic heterocycles. The van der Waals surface area contributed by atoms with Crippen molar-refractivity contribution in [2.75, 3.05) is 11.4 Å². The van der Waals surface area contributed by atoms with Gasteiger partial charge in [-0.15, -0.1) is 0 Å². The van der Waals surface area contributed by atoms with E-state index in [-0.39, 0.29) is 17.7 Å². The molecule has 1 heterocycles. The second-order valence-electron chi connectivity index (χ2n) is 7.82. The van der Waals surface area contributed by atoms with E-state index >= 15 is 0 Å². The lowest BCUT2D eigenvalue weighted by atomic mass is 10.0. The summed E-state index contributed by atoms with van der Waals surface area (Å²) >= 11 is 0. The molecule has 1 saturated carbocycles. The minimum absolute atomic E-state index is 0.0183. The van der Waals surface area contributed by atoms with Gasteiger partial charge >= 0.3 is 0 Å². The number of carbonyl (C=O) groups excluding carboxylic acids is 2. The fourth-order valence-corrected chi connectivity index (χ4v) is 4.03. The van der Waals surface area contributed by atoms with Crippen LogP contribution in [-0.4, -0.2) is 18.4 Å². The Morgan fingerprint density at radius 1 is 1.24 bits per heavy atom. The number of anilines is 1. The molecule has 2 aliphatic rings. The molecule has 1 aliphatic carbocycles. The second-order valence-corrected chi connectivity index (χ2v) is 7.82. The van der Waals surface area contributed by atoms with E-state index in [2.05, 4.69) is 11.4 Å². The van der Waals surface area contributed by atoms with E-state index < -0.39 is 0 Å². The summed E-state index contributed by atoms with van der Waals surface area (Å²) in [4.78, 5) is 26.2. The van der Waals surface area contributed by atoms with Gasteiger partial charge in [0.05, 0.1) is 0 Å². The van der Waals surface area contributed by atoms with Crippen LogP contribution in [0.1, 0.15) is 63.5 Å². The van der Waals surface area contributed by atoms with Crippen molar-refractivity contribution >= 4 is 17.5 Å². The Hall–Kier alpha value is -1.84. The Bertz CT molecular complexity index is 633. The van der Waals surface area contributed by atoms with Gasteiger partial charge in [0, 0.05) is 31.1 Å². The highest BCUT2D eigenvalue weighted by Crippen LogP contribution is 2.30. The number of benzene rings is 1. The summed E-state index contributed by atoms with van der Waals surface area (Å²) in [5.41, 5.74) is 3.37. The van der Waals surface area contributed by atoms with Crippen LogP contribution in [0.2, 0.25) is 0 Å². The number of rotatable bonds is 6. The van der Waals surface area contributed by atoms with E-state index in [1.807, 2.05) is 30.9 Å². The smallest absolute Gasteiger partial charge is 0.229 e. The molecular weight excluding hydrogens is 312 g/mol. The summed E-state index contributed by atoms with van der Waals surface area (Å²) in [5, 5.41) is 3.05. The highest BCUT2D eigenvalue weighted by molar-refractivity contribution is 5.96. The lowest BCUT2D eigenvalue weighted by Crippen LogP contribution is -2.32. The van der Waals surface area contributed by atoms with Gasteiger partial charge in [0.15, 0.2) is 0 Å². The maximum Gasteiger partial charge on any atom is 0.229 e. The molecule has 0 spiro atoms. The van der Waals surface area contributed by atoms with Gasteiger partial charge in [0.25, 0.3) is 0 Å². The number of hydrogen-bond donors (Lipinski definition) is 1. The second kappa shape index (κ2) is 8.03. The molecular formula is C21H30N2O2. The standard InChI is InChI=1S/C21H30N2O2/c1-15(2)21(25)23-12-11-18-13-17(7-9-19(18)23)14-22-20(24)10-8-16-5-3-4-6-16/h7,9,13,15-16H,3-6,8,10-12,14H2,1-2H3,(H,22,24). The average molecular weight is 342 g/mol. The van der Waals surface area contributed by atoms with Gasteiger partial charge in [0.1, 0.15) is 0 Å². The predicted octanol–water partition coefficient (Wildman–Crippen LogP) is 3.82. The molecule has 136 valence electrons. The Labute approximate surface area is 151 Å². The third-order valence-corrected chi connectivity index (χ3v) is 5.54. The first-order valence-corrected chi connectivity index (χ1v) is 9.74. The molecule has 25 heavy (non-hydrogen) atoms. The van der Waals surface area contributed by atoms with E-state index in [4.69, 9.17) is 0 Å². The number of carbonyl (C=O) groups is 2. The van der Waals surface area contributed by atoms with Gasteiger partial charge < -0.3 is 10.2 Å². The van der Waals surface area contributed by atoms with Crippen LogP contribution < -0.4 is 10.2 Å². The summed E-state index contributed by atoms with van der Waals surface area (Å²) < 4.78 is 0. The van der Waals surface area contributed by atoms with E-state index in [1.54, 1.807) is 0 Å². The maximum atomic E-state index is 12.3. The Morgan fingerprint density at radius 2 is 2.00 bits per heavy atom. The van der Waals surface area contributed by atoms with Gasteiger partial charge in [-0.2, -0.15) is 0 Å². The molecule has 0 bridgehead atoms. The molecule has 2 amide bonds. The fraction of sp³-hybridized carbons (Fsp3) is 0.619. The summed E-state index contributed by atoms with van der Waals surface area (Å²) in [6.07, 6.45) is 7.83. The van der Waals surface area contributed by atoms with Gasteiger partial charge in [-0.25, -0.2) is 0 Å². The van der Waals surface area contributed by atoms with Crippen molar-refractivity contribution in [3.05, 3.63) is 29.3 Å². The highest BCUT2D eigenvalue weighted by Gasteiger charge is 2.26. The predicted molar refractivity (Wildman–Crippen MR) is 100 cm³/mol. The molecule has 4 heteroatoms. The van der Waals surface area contributed by atoms with Crippen molar-refractivity contribution in [2.24, 2.45) is 11.8 Å². The minimum atomic E-state index is 0.0183. The van der Waals surface area contributed by atoms with Crippen LogP contribution in [-0.2, 0) is 22.6 Å². The number of hydrogen-bond acceptors (Lipinski definition) is 2. The first kappa shape index (κ1) is 18.0. The van der Waals surface area contributed by atoms with Gasteiger partial charge in [-0.1, -0.05) is 51.7 Å². The zero-order chi connectivity index (χ0) is 17.8. The number of fused-ring (bicyclic) bond motifs is 1. The van der Waals surface area contributed by atoms with E-state index in [0.717, 1.165) is 36.6 Å². The topological polar surface area (TPSA) is 49.4 Å². The summed E-state index contributed by atoms with van der Waals surface area (Å²) in [7, 11) is 0. The molecule has 0 atom stereocenters. The fourth-order valence-electron chi connectivity index (χ4n) is 4.03. The Kier molecular flexibility index (Phi) is 5.77. The molecule has 1 fully saturated rings. The van der Waals surface area contributed by atoms with Crippen molar-refractivity contribution < 1.29 is 9.59 Å². The number of nitrogens with one attached hydrogen (secondary N) is 1. The van der Waals surface area contributed by atoms with Crippen LogP contribution in [0, 0.1) is 11.8 Å². The zero-order valence-electron chi connectivity index (χ0n) is 15.5. The van der Waals surface area contributed by atoms with Gasteiger partial charge in [-0.05, 0) is 36.0 Å². The van der Waals surface area contributed by atoms with Crippen molar-refractivity contribution in [3.8, 4) is 0 Å². The monoisotopic (exact) mass is 342 g/mol. The van der Waals surface area contributed by atoms with E-state index in [1.165, 1.54) is 31.2 Å². The molecule has 0 radical (unpaired) electrons. The van der Waals surface area contributed by atoms with Crippen molar-refractivity contribution in [3.63, 3.8) is 0 Å².